The summed E-state index contributed by atoms with van der Waals surface area (Å²) in [5, 5.41) is 7.87. The highest BCUT2D eigenvalue weighted by Gasteiger charge is 2.23. The highest BCUT2D eigenvalue weighted by molar-refractivity contribution is 7.25. The molecule has 0 saturated heterocycles. The van der Waals surface area contributed by atoms with Gasteiger partial charge in [-0.3, -0.25) is 0 Å². The van der Waals surface area contributed by atoms with E-state index < -0.39 is 0 Å². The molecule has 67 heavy (non-hydrogen) atoms. The average molecular weight is 891 g/mol. The predicted octanol–water partition coefficient (Wildman–Crippen LogP) is 18.8. The second-order valence-corrected chi connectivity index (χ2v) is 24.3. The summed E-state index contributed by atoms with van der Waals surface area (Å²) in [5.74, 6) is 0. The van der Waals surface area contributed by atoms with Crippen molar-refractivity contribution in [3.63, 3.8) is 0 Å². The van der Waals surface area contributed by atoms with Crippen molar-refractivity contribution in [1.82, 2.24) is 9.13 Å². The van der Waals surface area contributed by atoms with Crippen LogP contribution in [0.2, 0.25) is 0 Å². The molecule has 0 fully saturated rings. The van der Waals surface area contributed by atoms with Gasteiger partial charge in [0.25, 0.3) is 0 Å². The Bertz CT molecular complexity index is 3350. The zero-order chi connectivity index (χ0) is 46.9. The van der Waals surface area contributed by atoms with E-state index in [4.69, 9.17) is 0 Å². The van der Waals surface area contributed by atoms with Gasteiger partial charge in [-0.25, -0.2) is 0 Å². The third-order valence-corrected chi connectivity index (χ3v) is 15.5. The molecule has 334 valence electrons. The molecule has 3 heterocycles. The third-order valence-electron chi connectivity index (χ3n) is 14.4. The van der Waals surface area contributed by atoms with Crippen molar-refractivity contribution < 1.29 is 0 Å². The summed E-state index contributed by atoms with van der Waals surface area (Å²) in [4.78, 5) is 0. The smallest absolute Gasteiger partial charge is 0.0541 e. The van der Waals surface area contributed by atoms with E-state index in [1.165, 1.54) is 120 Å². The van der Waals surface area contributed by atoms with Crippen LogP contribution in [0.5, 0.6) is 0 Å². The van der Waals surface area contributed by atoms with Gasteiger partial charge < -0.3 is 9.13 Å². The van der Waals surface area contributed by atoms with Crippen LogP contribution in [0.25, 0.3) is 97.4 Å². The SMILES string of the molecule is CC(C)(C)c1ccc2c(c1)c1cc(C(C)(C)C)ccc1n2-c1ccc(-c2ccc3sc4ccc(-c5ccc(-n6c7ccc(C(C)(C)C)cc7c7cc(C(C)(C)C)ccc76)cc5)cc4c3c2)cc1. The van der Waals surface area contributed by atoms with Crippen molar-refractivity contribution in [3.05, 3.63) is 180 Å². The number of fused-ring (bicyclic) bond motifs is 9. The van der Waals surface area contributed by atoms with Crippen molar-refractivity contribution in [2.45, 2.75) is 105 Å². The molecule has 0 aliphatic carbocycles. The Labute approximate surface area is 400 Å². The van der Waals surface area contributed by atoms with Gasteiger partial charge in [0.05, 0.1) is 22.1 Å². The Kier molecular flexibility index (Phi) is 9.69. The standard InChI is InChI=1S/C64H62N2S/c1-61(2,3)43-19-27-55-49(35-43)50-36-44(62(4,5)6)20-28-56(50)65(55)47-23-13-39(14-24-47)41-17-31-59-53(33-41)54-34-42(18-32-60(54)67-59)40-15-25-48(26-16-40)66-57-29-21-45(63(7,8)9)37-51(57)52-38-46(64(10,11)12)22-30-58(52)66/h13-38H,1-12H3. The molecule has 8 aromatic carbocycles. The van der Waals surface area contributed by atoms with Crippen LogP contribution in [0.15, 0.2) is 158 Å². The number of aromatic nitrogens is 2. The Hall–Kier alpha value is -6.42. The molecule has 2 nitrogen and oxygen atoms in total. The van der Waals surface area contributed by atoms with Crippen molar-refractivity contribution >= 4 is 75.1 Å². The Morgan fingerprint density at radius 3 is 0.806 bits per heavy atom. The average Bonchev–Trinajstić information content (AvgIpc) is 3.94. The van der Waals surface area contributed by atoms with Crippen LogP contribution >= 0.6 is 11.3 Å². The lowest BCUT2D eigenvalue weighted by molar-refractivity contribution is 0.590. The summed E-state index contributed by atoms with van der Waals surface area (Å²) < 4.78 is 7.52. The van der Waals surface area contributed by atoms with Gasteiger partial charge in [-0.2, -0.15) is 0 Å². The normalized spacial score (nSPS) is 13.1. The summed E-state index contributed by atoms with van der Waals surface area (Å²) in [6.07, 6.45) is 0. The minimum atomic E-state index is 0.0675. The Morgan fingerprint density at radius 1 is 0.269 bits per heavy atom. The van der Waals surface area contributed by atoms with Gasteiger partial charge >= 0.3 is 0 Å². The molecule has 0 spiro atoms. The van der Waals surface area contributed by atoms with Gasteiger partial charge in [0, 0.05) is 53.1 Å². The van der Waals surface area contributed by atoms with Crippen LogP contribution in [-0.2, 0) is 21.7 Å². The van der Waals surface area contributed by atoms with Gasteiger partial charge in [-0.1, -0.05) is 144 Å². The highest BCUT2D eigenvalue weighted by Crippen LogP contribution is 2.42. The first-order valence-corrected chi connectivity index (χ1v) is 24.9. The quantitative estimate of drug-likeness (QED) is 0.167. The van der Waals surface area contributed by atoms with E-state index in [2.05, 4.69) is 250 Å². The molecular formula is C64H62N2S. The first kappa shape index (κ1) is 43.2. The van der Waals surface area contributed by atoms with E-state index >= 15 is 0 Å². The van der Waals surface area contributed by atoms with Crippen LogP contribution in [0, 0.1) is 0 Å². The van der Waals surface area contributed by atoms with Crippen molar-refractivity contribution in [3.8, 4) is 33.6 Å². The summed E-state index contributed by atoms with van der Waals surface area (Å²) in [6, 6.07) is 60.6. The summed E-state index contributed by atoms with van der Waals surface area (Å²) in [6.45, 7) is 27.6. The fourth-order valence-electron chi connectivity index (χ4n) is 10.2. The fourth-order valence-corrected chi connectivity index (χ4v) is 11.3. The van der Waals surface area contributed by atoms with E-state index in [9.17, 15) is 0 Å². The molecule has 0 unspecified atom stereocenters. The molecule has 0 bridgehead atoms. The molecule has 0 saturated carbocycles. The monoisotopic (exact) mass is 890 g/mol. The second-order valence-electron chi connectivity index (χ2n) is 23.2. The van der Waals surface area contributed by atoms with Crippen LogP contribution in [0.4, 0.5) is 0 Å². The van der Waals surface area contributed by atoms with Crippen molar-refractivity contribution in [2.24, 2.45) is 0 Å². The maximum Gasteiger partial charge on any atom is 0.0541 e. The first-order valence-electron chi connectivity index (χ1n) is 24.1. The summed E-state index contributed by atoms with van der Waals surface area (Å²) >= 11 is 1.88. The van der Waals surface area contributed by atoms with Gasteiger partial charge in [-0.05, 0) is 163 Å². The molecule has 0 radical (unpaired) electrons. The minimum Gasteiger partial charge on any atom is -0.309 e. The first-order chi connectivity index (χ1) is 31.7. The molecule has 11 aromatic rings. The molecule has 0 aliphatic rings. The zero-order valence-electron chi connectivity index (χ0n) is 41.3. The van der Waals surface area contributed by atoms with Crippen LogP contribution in [-0.4, -0.2) is 9.13 Å². The van der Waals surface area contributed by atoms with Crippen LogP contribution in [0.1, 0.15) is 105 Å². The van der Waals surface area contributed by atoms with E-state index in [-0.39, 0.29) is 21.7 Å². The van der Waals surface area contributed by atoms with Gasteiger partial charge in [0.2, 0.25) is 0 Å². The van der Waals surface area contributed by atoms with Gasteiger partial charge in [0.1, 0.15) is 0 Å². The largest absolute Gasteiger partial charge is 0.309 e. The van der Waals surface area contributed by atoms with E-state index in [0.717, 1.165) is 0 Å². The number of benzene rings is 8. The number of thiophene rings is 1. The Balaban J connectivity index is 0.943. The fraction of sp³-hybridized carbons (Fsp3) is 0.250. The van der Waals surface area contributed by atoms with Crippen molar-refractivity contribution in [1.29, 1.82) is 0 Å². The summed E-state index contributed by atoms with van der Waals surface area (Å²) in [5.41, 5.74) is 17.9. The van der Waals surface area contributed by atoms with Crippen LogP contribution in [0.3, 0.4) is 0 Å². The van der Waals surface area contributed by atoms with Crippen molar-refractivity contribution in [2.75, 3.05) is 0 Å². The third kappa shape index (κ3) is 7.38. The van der Waals surface area contributed by atoms with E-state index in [1.54, 1.807) is 0 Å². The maximum atomic E-state index is 2.45. The van der Waals surface area contributed by atoms with Crippen LogP contribution < -0.4 is 0 Å². The zero-order valence-corrected chi connectivity index (χ0v) is 42.1. The van der Waals surface area contributed by atoms with Gasteiger partial charge in [-0.15, -0.1) is 11.3 Å². The molecule has 0 N–H and O–H groups in total. The predicted molar refractivity (Wildman–Crippen MR) is 294 cm³/mol. The molecule has 3 aromatic heterocycles. The molecule has 3 heteroatoms. The highest BCUT2D eigenvalue weighted by atomic mass is 32.1. The Morgan fingerprint density at radius 2 is 0.537 bits per heavy atom. The molecule has 0 atom stereocenters. The lowest BCUT2D eigenvalue weighted by Gasteiger charge is -2.19. The van der Waals surface area contributed by atoms with Gasteiger partial charge in [0.15, 0.2) is 0 Å². The number of hydrogen-bond donors (Lipinski definition) is 0. The lowest BCUT2D eigenvalue weighted by atomic mass is 9.85. The number of hydrogen-bond acceptors (Lipinski definition) is 1. The number of rotatable bonds is 4. The van der Waals surface area contributed by atoms with E-state index in [0.29, 0.717) is 0 Å². The van der Waals surface area contributed by atoms with E-state index in [1.807, 2.05) is 11.3 Å². The lowest BCUT2D eigenvalue weighted by Crippen LogP contribution is -2.10. The maximum absolute atomic E-state index is 2.45. The number of nitrogens with zero attached hydrogens (tertiary/aromatic N) is 2. The second kappa shape index (κ2) is 15.0. The molecule has 0 amide bonds. The summed E-state index contributed by atoms with van der Waals surface area (Å²) in [7, 11) is 0. The molecular weight excluding hydrogens is 829 g/mol. The minimum absolute atomic E-state index is 0.0675. The topological polar surface area (TPSA) is 9.86 Å². The molecule has 0 aliphatic heterocycles. The molecule has 11 rings (SSSR count).